The van der Waals surface area contributed by atoms with E-state index in [-0.39, 0.29) is 11.9 Å². The van der Waals surface area contributed by atoms with Crippen molar-refractivity contribution in [2.45, 2.75) is 12.5 Å². The number of methoxy groups -OCH3 is 1. The highest BCUT2D eigenvalue weighted by Gasteiger charge is 2.11. The molecule has 5 heteroatoms. The van der Waals surface area contributed by atoms with Gasteiger partial charge in [-0.25, -0.2) is 4.39 Å². The van der Waals surface area contributed by atoms with Gasteiger partial charge in [-0.15, -0.1) is 0 Å². The molecule has 0 aliphatic carbocycles. The van der Waals surface area contributed by atoms with Crippen LogP contribution in [0.4, 0.5) is 10.1 Å². The van der Waals surface area contributed by atoms with Crippen molar-refractivity contribution >= 4 is 5.69 Å². The Bertz CT molecular complexity index is 574. The highest BCUT2D eigenvalue weighted by atomic mass is 19.1. The zero-order valence-corrected chi connectivity index (χ0v) is 12.3. The van der Waals surface area contributed by atoms with Gasteiger partial charge in [-0.2, -0.15) is 0 Å². The summed E-state index contributed by atoms with van der Waals surface area (Å²) in [6, 6.07) is 10.6. The number of rotatable bonds is 6. The number of hydrogen-bond donors (Lipinski definition) is 1. The third-order valence-electron chi connectivity index (χ3n) is 3.40. The average molecular weight is 289 g/mol. The van der Waals surface area contributed by atoms with E-state index in [1.807, 2.05) is 31.3 Å². The van der Waals surface area contributed by atoms with Crippen molar-refractivity contribution in [1.82, 2.24) is 4.98 Å². The van der Waals surface area contributed by atoms with Crippen LogP contribution in [0.1, 0.15) is 18.2 Å². The molecule has 1 atom stereocenters. The third-order valence-corrected chi connectivity index (χ3v) is 3.40. The van der Waals surface area contributed by atoms with Gasteiger partial charge in [0.15, 0.2) is 0 Å². The molecule has 0 saturated carbocycles. The number of halogens is 1. The Morgan fingerprint density at radius 3 is 2.71 bits per heavy atom. The molecule has 0 aliphatic rings. The molecule has 0 bridgehead atoms. The van der Waals surface area contributed by atoms with Crippen LogP contribution in [0.2, 0.25) is 0 Å². The number of ether oxygens (including phenoxy) is 1. The molecule has 21 heavy (non-hydrogen) atoms. The molecular weight excluding hydrogens is 269 g/mol. The summed E-state index contributed by atoms with van der Waals surface area (Å²) >= 11 is 0. The van der Waals surface area contributed by atoms with E-state index in [0.29, 0.717) is 12.1 Å². The third kappa shape index (κ3) is 3.92. The maximum atomic E-state index is 12.8. The van der Waals surface area contributed by atoms with Gasteiger partial charge in [0, 0.05) is 19.6 Å². The number of nitrogens with two attached hydrogens (primary N) is 1. The summed E-state index contributed by atoms with van der Waals surface area (Å²) in [5.41, 5.74) is 7.81. The molecule has 2 N–H and O–H groups in total. The molecule has 1 heterocycles. The first-order valence-corrected chi connectivity index (χ1v) is 6.83. The molecule has 2 rings (SSSR count). The Morgan fingerprint density at radius 1 is 1.29 bits per heavy atom. The normalized spacial score (nSPS) is 12.0. The monoisotopic (exact) mass is 289 g/mol. The predicted molar refractivity (Wildman–Crippen MR) is 82.0 cm³/mol. The van der Waals surface area contributed by atoms with Crippen LogP contribution >= 0.6 is 0 Å². The molecule has 0 saturated heterocycles. The summed E-state index contributed by atoms with van der Waals surface area (Å²) in [7, 11) is 3.64. The van der Waals surface area contributed by atoms with E-state index in [1.54, 1.807) is 13.2 Å². The van der Waals surface area contributed by atoms with E-state index in [2.05, 4.69) is 9.88 Å². The van der Waals surface area contributed by atoms with Gasteiger partial charge in [0.2, 0.25) is 0 Å². The lowest BCUT2D eigenvalue weighted by Gasteiger charge is -2.23. The zero-order valence-electron chi connectivity index (χ0n) is 12.3. The molecule has 1 unspecified atom stereocenters. The average Bonchev–Trinajstić information content (AvgIpc) is 2.52. The lowest BCUT2D eigenvalue weighted by Crippen LogP contribution is -2.24. The molecule has 0 radical (unpaired) electrons. The fourth-order valence-electron chi connectivity index (χ4n) is 2.15. The van der Waals surface area contributed by atoms with Crippen molar-refractivity contribution in [2.24, 2.45) is 5.73 Å². The Balaban J connectivity index is 1.97. The maximum Gasteiger partial charge on any atom is 0.142 e. The Labute approximate surface area is 124 Å². The minimum Gasteiger partial charge on any atom is -0.495 e. The molecule has 0 spiro atoms. The second kappa shape index (κ2) is 7.04. The van der Waals surface area contributed by atoms with Gasteiger partial charge in [0.05, 0.1) is 24.7 Å². The second-order valence-corrected chi connectivity index (χ2v) is 4.89. The van der Waals surface area contributed by atoms with E-state index < -0.39 is 0 Å². The van der Waals surface area contributed by atoms with E-state index in [1.165, 1.54) is 12.3 Å². The van der Waals surface area contributed by atoms with Gasteiger partial charge in [-0.3, -0.25) is 4.98 Å². The van der Waals surface area contributed by atoms with Gasteiger partial charge in [-0.05, 0) is 30.7 Å². The molecule has 4 nitrogen and oxygen atoms in total. The summed E-state index contributed by atoms with van der Waals surface area (Å²) in [6.07, 6.45) is 1.91. The van der Waals surface area contributed by atoms with E-state index >= 15 is 0 Å². The fourth-order valence-corrected chi connectivity index (χ4v) is 2.15. The number of anilines is 1. The first-order chi connectivity index (χ1) is 10.1. The van der Waals surface area contributed by atoms with Gasteiger partial charge in [0.1, 0.15) is 11.6 Å². The van der Waals surface area contributed by atoms with Crippen molar-refractivity contribution in [3.05, 3.63) is 54.1 Å². The molecular formula is C16H20FN3O. The lowest BCUT2D eigenvalue weighted by molar-refractivity contribution is 0.414. The van der Waals surface area contributed by atoms with Crippen LogP contribution in [0, 0.1) is 5.82 Å². The first kappa shape index (κ1) is 15.3. The highest BCUT2D eigenvalue weighted by molar-refractivity contribution is 5.57. The van der Waals surface area contributed by atoms with Crippen LogP contribution in [0.3, 0.4) is 0 Å². The van der Waals surface area contributed by atoms with Crippen LogP contribution in [0.25, 0.3) is 0 Å². The maximum absolute atomic E-state index is 12.8. The number of para-hydroxylation sites is 2. The summed E-state index contributed by atoms with van der Waals surface area (Å²) < 4.78 is 18.2. The number of benzene rings is 1. The molecule has 1 aromatic carbocycles. The molecule has 0 aliphatic heterocycles. The predicted octanol–water partition coefficient (Wildman–Crippen LogP) is 2.76. The van der Waals surface area contributed by atoms with Crippen molar-refractivity contribution in [2.75, 3.05) is 25.6 Å². The van der Waals surface area contributed by atoms with Crippen LogP contribution in [-0.4, -0.2) is 25.7 Å². The minimum atomic E-state index is -0.350. The number of nitrogens with zero attached hydrogens (tertiary/aromatic N) is 2. The SMILES string of the molecule is COc1ccccc1N(C)CCC(N)c1ccc(F)cn1. The highest BCUT2D eigenvalue weighted by Crippen LogP contribution is 2.27. The van der Waals surface area contributed by atoms with E-state index in [9.17, 15) is 4.39 Å². The van der Waals surface area contributed by atoms with Crippen molar-refractivity contribution < 1.29 is 9.13 Å². The van der Waals surface area contributed by atoms with Gasteiger partial charge in [0.25, 0.3) is 0 Å². The van der Waals surface area contributed by atoms with Crippen molar-refractivity contribution in [3.8, 4) is 5.75 Å². The summed E-state index contributed by atoms with van der Waals surface area (Å²) in [5.74, 6) is 0.477. The topological polar surface area (TPSA) is 51.4 Å². The van der Waals surface area contributed by atoms with Crippen LogP contribution < -0.4 is 15.4 Å². The van der Waals surface area contributed by atoms with Crippen molar-refractivity contribution in [3.63, 3.8) is 0 Å². The number of aromatic nitrogens is 1. The second-order valence-electron chi connectivity index (χ2n) is 4.89. The largest absolute Gasteiger partial charge is 0.495 e. The van der Waals surface area contributed by atoms with Gasteiger partial charge in [-0.1, -0.05) is 12.1 Å². The van der Waals surface area contributed by atoms with Crippen LogP contribution in [-0.2, 0) is 0 Å². The zero-order chi connectivity index (χ0) is 15.2. The van der Waals surface area contributed by atoms with E-state index in [0.717, 1.165) is 18.0 Å². The van der Waals surface area contributed by atoms with Gasteiger partial charge >= 0.3 is 0 Å². The van der Waals surface area contributed by atoms with Crippen LogP contribution in [0.5, 0.6) is 5.75 Å². The molecule has 1 aromatic heterocycles. The number of hydrogen-bond acceptors (Lipinski definition) is 4. The Kier molecular flexibility index (Phi) is 5.11. The first-order valence-electron chi connectivity index (χ1n) is 6.83. The van der Waals surface area contributed by atoms with E-state index in [4.69, 9.17) is 10.5 Å². The fraction of sp³-hybridized carbons (Fsp3) is 0.312. The summed E-state index contributed by atoms with van der Waals surface area (Å²) in [4.78, 5) is 6.10. The molecule has 0 amide bonds. The molecule has 0 fully saturated rings. The summed E-state index contributed by atoms with van der Waals surface area (Å²) in [6.45, 7) is 0.751. The standard InChI is InChI=1S/C16H20FN3O/c1-20(15-5-3-4-6-16(15)21-2)10-9-13(18)14-8-7-12(17)11-19-14/h3-8,11,13H,9-10,18H2,1-2H3. The van der Waals surface area contributed by atoms with Gasteiger partial charge < -0.3 is 15.4 Å². The quantitative estimate of drug-likeness (QED) is 0.888. The van der Waals surface area contributed by atoms with Crippen LogP contribution in [0.15, 0.2) is 42.6 Å². The van der Waals surface area contributed by atoms with Crippen molar-refractivity contribution in [1.29, 1.82) is 0 Å². The Morgan fingerprint density at radius 2 is 2.05 bits per heavy atom. The Hall–Kier alpha value is -2.14. The minimum absolute atomic E-state index is 0.220. The molecule has 2 aromatic rings. The number of pyridine rings is 1. The smallest absolute Gasteiger partial charge is 0.142 e. The lowest BCUT2D eigenvalue weighted by atomic mass is 10.1. The summed E-state index contributed by atoms with van der Waals surface area (Å²) in [5, 5.41) is 0. The molecule has 112 valence electrons.